The van der Waals surface area contributed by atoms with Gasteiger partial charge in [0.25, 0.3) is 0 Å². The van der Waals surface area contributed by atoms with Crippen LogP contribution in [0.2, 0.25) is 0 Å². The molecule has 1 heterocycles. The molecule has 2 nitrogen and oxygen atoms in total. The number of hydrogen-bond donors (Lipinski definition) is 0. The summed E-state index contributed by atoms with van der Waals surface area (Å²) in [5, 5.41) is 0. The molecule has 0 radical (unpaired) electrons. The molecule has 1 aromatic rings. The second-order valence-corrected chi connectivity index (χ2v) is 2.15. The lowest BCUT2D eigenvalue weighted by Crippen LogP contribution is -2.41. The Morgan fingerprint density at radius 1 is 1.07 bits per heavy atom. The van der Waals surface area contributed by atoms with Gasteiger partial charge in [-0.25, -0.2) is 0 Å². The van der Waals surface area contributed by atoms with Crippen molar-refractivity contribution in [2.75, 3.05) is 6.61 Å². The third-order valence-electron chi connectivity index (χ3n) is 0.966. The highest BCUT2D eigenvalue weighted by molar-refractivity contribution is 6.50. The molecule has 1 rings (SSSR count). The summed E-state index contributed by atoms with van der Waals surface area (Å²) in [7, 11) is -6.00. The van der Waals surface area contributed by atoms with Crippen LogP contribution in [0.3, 0.4) is 0 Å². The standard InChI is InChI=1S/C7H10NO.BF4/c1-2-9-8-6-4-3-5-7-8;2-1(3,4)5/h3-7H,2H2,1H3;/q+1;-1. The van der Waals surface area contributed by atoms with E-state index >= 15 is 0 Å². The molecule has 0 atom stereocenters. The van der Waals surface area contributed by atoms with Gasteiger partial charge in [0.15, 0.2) is 6.61 Å². The molecule has 80 valence electrons. The van der Waals surface area contributed by atoms with Gasteiger partial charge in [0.2, 0.25) is 12.4 Å². The third kappa shape index (κ3) is 10.7. The van der Waals surface area contributed by atoms with Crippen molar-refractivity contribution in [2.24, 2.45) is 0 Å². The number of nitrogens with zero attached hydrogens (tertiary/aromatic N) is 1. The van der Waals surface area contributed by atoms with E-state index in [1.54, 1.807) is 4.73 Å². The van der Waals surface area contributed by atoms with Crippen molar-refractivity contribution in [3.05, 3.63) is 30.6 Å². The van der Waals surface area contributed by atoms with Crippen molar-refractivity contribution in [1.29, 1.82) is 0 Å². The highest BCUT2D eigenvalue weighted by Crippen LogP contribution is 2.06. The van der Waals surface area contributed by atoms with E-state index in [9.17, 15) is 17.3 Å². The van der Waals surface area contributed by atoms with Gasteiger partial charge in [0.05, 0.1) is 0 Å². The number of aromatic nitrogens is 1. The Morgan fingerprint density at radius 2 is 1.50 bits per heavy atom. The van der Waals surface area contributed by atoms with Gasteiger partial charge in [-0.1, -0.05) is 6.07 Å². The molecule has 1 aromatic heterocycles. The fraction of sp³-hybridized carbons (Fsp3) is 0.286. The number of hydrogen-bond acceptors (Lipinski definition) is 1. The lowest BCUT2D eigenvalue weighted by molar-refractivity contribution is -0.890. The van der Waals surface area contributed by atoms with Crippen LogP contribution in [-0.2, 0) is 0 Å². The van der Waals surface area contributed by atoms with Gasteiger partial charge in [-0.3, -0.25) is 4.84 Å². The van der Waals surface area contributed by atoms with Crippen molar-refractivity contribution < 1.29 is 26.8 Å². The third-order valence-corrected chi connectivity index (χ3v) is 0.966. The molecule has 0 N–H and O–H groups in total. The Hall–Kier alpha value is -1.27. The number of rotatable bonds is 2. The molecule has 0 aliphatic rings. The minimum atomic E-state index is -6.00. The summed E-state index contributed by atoms with van der Waals surface area (Å²) in [5.41, 5.74) is 0. The molecule has 0 aliphatic heterocycles. The SMILES string of the molecule is CCO[n+]1ccccc1.F[B-](F)(F)F. The first kappa shape index (κ1) is 12.7. The lowest BCUT2D eigenvalue weighted by atomic mass is 10.3. The molecule has 0 aliphatic carbocycles. The zero-order valence-electron chi connectivity index (χ0n) is 7.54. The lowest BCUT2D eigenvalue weighted by Gasteiger charge is -1.94. The van der Waals surface area contributed by atoms with Crippen molar-refractivity contribution in [3.63, 3.8) is 0 Å². The summed E-state index contributed by atoms with van der Waals surface area (Å²) in [4.78, 5) is 5.12. The average Bonchev–Trinajstić information content (AvgIpc) is 2.03. The summed E-state index contributed by atoms with van der Waals surface area (Å²) in [6.07, 6.45) is 3.73. The van der Waals surface area contributed by atoms with Crippen LogP contribution >= 0.6 is 0 Å². The molecule has 0 fully saturated rings. The molecule has 0 bridgehead atoms. The zero-order valence-corrected chi connectivity index (χ0v) is 7.54. The first-order chi connectivity index (χ1) is 6.43. The van der Waals surface area contributed by atoms with Crippen LogP contribution in [-0.4, -0.2) is 13.9 Å². The second kappa shape index (κ2) is 6.23. The van der Waals surface area contributed by atoms with E-state index in [0.717, 1.165) is 0 Å². The first-order valence-electron chi connectivity index (χ1n) is 3.90. The Bertz CT molecular complexity index is 235. The number of pyridine rings is 1. The van der Waals surface area contributed by atoms with Gasteiger partial charge in [-0.2, -0.15) is 0 Å². The normalized spacial score (nSPS) is 10.1. The van der Waals surface area contributed by atoms with Crippen LogP contribution < -0.4 is 9.57 Å². The van der Waals surface area contributed by atoms with Crippen molar-refractivity contribution in [1.82, 2.24) is 0 Å². The smallest absolute Gasteiger partial charge is 0.418 e. The van der Waals surface area contributed by atoms with Gasteiger partial charge >= 0.3 is 7.25 Å². The highest BCUT2D eigenvalue weighted by atomic mass is 19.5. The minimum absolute atomic E-state index is 0.703. The van der Waals surface area contributed by atoms with E-state index in [0.29, 0.717) is 6.61 Å². The van der Waals surface area contributed by atoms with Crippen molar-refractivity contribution in [3.8, 4) is 0 Å². The van der Waals surface area contributed by atoms with Crippen LogP contribution in [0.1, 0.15) is 6.92 Å². The van der Waals surface area contributed by atoms with Crippen molar-refractivity contribution in [2.45, 2.75) is 6.92 Å². The maximum atomic E-state index is 9.75. The predicted molar refractivity (Wildman–Crippen MR) is 43.9 cm³/mol. The number of halogens is 4. The molecule has 0 amide bonds. The molecule has 0 aromatic carbocycles. The van der Waals surface area contributed by atoms with E-state index in [2.05, 4.69) is 0 Å². The van der Waals surface area contributed by atoms with E-state index < -0.39 is 7.25 Å². The maximum Gasteiger partial charge on any atom is 0.673 e. The Morgan fingerprint density at radius 3 is 1.86 bits per heavy atom. The van der Waals surface area contributed by atoms with Gasteiger partial charge in [-0.15, -0.1) is 0 Å². The molecule has 7 heteroatoms. The average molecular weight is 211 g/mol. The fourth-order valence-electron chi connectivity index (χ4n) is 0.618. The highest BCUT2D eigenvalue weighted by Gasteiger charge is 2.20. The van der Waals surface area contributed by atoms with Gasteiger partial charge in [0.1, 0.15) is 0 Å². The van der Waals surface area contributed by atoms with Crippen LogP contribution in [0.15, 0.2) is 30.6 Å². The Balaban J connectivity index is 0.000000292. The largest absolute Gasteiger partial charge is 0.673 e. The molecule has 0 spiro atoms. The van der Waals surface area contributed by atoms with E-state index in [1.807, 2.05) is 37.5 Å². The van der Waals surface area contributed by atoms with Crippen LogP contribution in [0.5, 0.6) is 0 Å². The van der Waals surface area contributed by atoms with Gasteiger partial charge in [0, 0.05) is 16.9 Å². The minimum Gasteiger partial charge on any atom is -0.418 e. The summed E-state index contributed by atoms with van der Waals surface area (Å²) in [6.45, 7) is 2.66. The molecule has 0 saturated heterocycles. The molecule has 0 saturated carbocycles. The topological polar surface area (TPSA) is 13.1 Å². The maximum absolute atomic E-state index is 9.75. The first-order valence-corrected chi connectivity index (χ1v) is 3.90. The molecular weight excluding hydrogens is 201 g/mol. The summed E-state index contributed by atoms with van der Waals surface area (Å²) in [5.74, 6) is 0. The van der Waals surface area contributed by atoms with Crippen LogP contribution in [0.4, 0.5) is 17.3 Å². The molecular formula is C7H10BF4NO. The Labute approximate surface area is 79.2 Å². The Kier molecular flexibility index (Phi) is 5.67. The summed E-state index contributed by atoms with van der Waals surface area (Å²) < 4.78 is 40.7. The zero-order chi connectivity index (χ0) is 11.0. The van der Waals surface area contributed by atoms with Crippen LogP contribution in [0.25, 0.3) is 0 Å². The van der Waals surface area contributed by atoms with E-state index in [4.69, 9.17) is 4.84 Å². The predicted octanol–water partition coefficient (Wildman–Crippen LogP) is 1.72. The van der Waals surface area contributed by atoms with Gasteiger partial charge < -0.3 is 17.3 Å². The quantitative estimate of drug-likeness (QED) is 0.412. The van der Waals surface area contributed by atoms with Gasteiger partial charge in [-0.05, 0) is 6.92 Å². The second-order valence-electron chi connectivity index (χ2n) is 2.15. The monoisotopic (exact) mass is 211 g/mol. The van der Waals surface area contributed by atoms with Crippen LogP contribution in [0, 0.1) is 0 Å². The van der Waals surface area contributed by atoms with E-state index in [1.165, 1.54) is 0 Å². The van der Waals surface area contributed by atoms with E-state index in [-0.39, 0.29) is 0 Å². The molecule has 14 heavy (non-hydrogen) atoms. The fourth-order valence-corrected chi connectivity index (χ4v) is 0.618. The summed E-state index contributed by atoms with van der Waals surface area (Å²) in [6, 6.07) is 5.81. The molecule has 0 unspecified atom stereocenters. The van der Waals surface area contributed by atoms with Crippen molar-refractivity contribution >= 4 is 7.25 Å². The summed E-state index contributed by atoms with van der Waals surface area (Å²) >= 11 is 0.